The van der Waals surface area contributed by atoms with Crippen molar-refractivity contribution in [1.29, 1.82) is 0 Å². The smallest absolute Gasteiger partial charge is 0.356 e. The molecule has 1 atom stereocenters. The van der Waals surface area contributed by atoms with Crippen molar-refractivity contribution in [3.63, 3.8) is 0 Å². The van der Waals surface area contributed by atoms with Crippen LogP contribution in [0.25, 0.3) is 0 Å². The Morgan fingerprint density at radius 1 is 1.46 bits per heavy atom. The van der Waals surface area contributed by atoms with E-state index in [9.17, 15) is 9.18 Å². The molecule has 0 spiro atoms. The maximum Gasteiger partial charge on any atom is 0.356 e. The van der Waals surface area contributed by atoms with Crippen LogP contribution >= 0.6 is 0 Å². The molecule has 0 aromatic heterocycles. The monoisotopic (exact) mass is 341 g/mol. The summed E-state index contributed by atoms with van der Waals surface area (Å²) in [5, 5.41) is 1.02. The lowest BCUT2D eigenvalue weighted by Gasteiger charge is -2.21. The number of hydrogen-bond acceptors (Lipinski definition) is 6. The highest BCUT2D eigenvalue weighted by atomic mass is 19.1. The molecule has 0 heterocycles. The van der Waals surface area contributed by atoms with Crippen LogP contribution in [0.15, 0.2) is 35.7 Å². The van der Waals surface area contributed by atoms with Gasteiger partial charge >= 0.3 is 5.97 Å². The second-order valence-corrected chi connectivity index (χ2v) is 6.65. The van der Waals surface area contributed by atoms with Crippen LogP contribution < -0.4 is 11.6 Å². The molecule has 4 N–H and O–H groups in total. The fourth-order valence-electron chi connectivity index (χ4n) is 1.98. The van der Waals surface area contributed by atoms with Crippen LogP contribution in [0.4, 0.5) is 4.39 Å². The zero-order valence-electron chi connectivity index (χ0n) is 14.6. The lowest BCUT2D eigenvalue weighted by molar-refractivity contribution is -0.150. The largest absolute Gasteiger partial charge is 0.455 e. The Kier molecular flexibility index (Phi) is 7.94. The minimum absolute atomic E-state index is 0.0843. The Morgan fingerprint density at radius 2 is 2.17 bits per heavy atom. The van der Waals surface area contributed by atoms with Gasteiger partial charge in [-0.2, -0.15) is 0 Å². The van der Waals surface area contributed by atoms with Gasteiger partial charge in [0.05, 0.1) is 19.8 Å². The second-order valence-electron chi connectivity index (χ2n) is 6.65. The Morgan fingerprint density at radius 3 is 2.75 bits per heavy atom. The van der Waals surface area contributed by atoms with E-state index in [1.54, 1.807) is 20.8 Å². The molecule has 0 aromatic rings. The lowest BCUT2D eigenvalue weighted by Crippen LogP contribution is -2.36. The summed E-state index contributed by atoms with van der Waals surface area (Å²) in [4.78, 5) is 11.7. The SMILES string of the molecule is CC(C)(C)OC(=O)/C(N)=C/N(N)CC(F)COCC1=CCCC=C1. The van der Waals surface area contributed by atoms with Gasteiger partial charge in [0.25, 0.3) is 0 Å². The number of rotatable bonds is 8. The van der Waals surface area contributed by atoms with E-state index >= 15 is 0 Å². The molecule has 0 saturated carbocycles. The Labute approximate surface area is 142 Å². The highest BCUT2D eigenvalue weighted by Gasteiger charge is 2.19. The van der Waals surface area contributed by atoms with Gasteiger partial charge in [0.2, 0.25) is 0 Å². The van der Waals surface area contributed by atoms with E-state index in [0.717, 1.165) is 29.6 Å². The molecular formula is C17H28FN3O3. The summed E-state index contributed by atoms with van der Waals surface area (Å²) in [6, 6.07) is 0. The van der Waals surface area contributed by atoms with E-state index in [2.05, 4.69) is 12.2 Å². The first kappa shape index (κ1) is 20.2. The maximum atomic E-state index is 13.9. The molecule has 0 aliphatic heterocycles. The van der Waals surface area contributed by atoms with Crippen LogP contribution in [0, 0.1) is 0 Å². The molecule has 0 radical (unpaired) electrons. The number of esters is 1. The average molecular weight is 341 g/mol. The first-order chi connectivity index (χ1) is 11.2. The molecule has 1 unspecified atom stereocenters. The summed E-state index contributed by atoms with van der Waals surface area (Å²) >= 11 is 0. The Balaban J connectivity index is 2.33. The van der Waals surface area contributed by atoms with Gasteiger partial charge in [-0.15, -0.1) is 0 Å². The van der Waals surface area contributed by atoms with Gasteiger partial charge in [0, 0.05) is 6.20 Å². The summed E-state index contributed by atoms with van der Waals surface area (Å²) in [5.41, 5.74) is 5.80. The molecule has 0 amide bonds. The van der Waals surface area contributed by atoms with E-state index < -0.39 is 17.7 Å². The van der Waals surface area contributed by atoms with E-state index in [1.807, 2.05) is 6.08 Å². The number of nitrogens with two attached hydrogens (primary N) is 2. The fourth-order valence-corrected chi connectivity index (χ4v) is 1.98. The molecule has 1 aliphatic rings. The van der Waals surface area contributed by atoms with Crippen LogP contribution in [-0.2, 0) is 14.3 Å². The topological polar surface area (TPSA) is 90.8 Å². The minimum Gasteiger partial charge on any atom is -0.455 e. The number of nitrogens with zero attached hydrogens (tertiary/aromatic N) is 1. The van der Waals surface area contributed by atoms with Crippen LogP contribution in [-0.4, -0.2) is 42.5 Å². The van der Waals surface area contributed by atoms with Gasteiger partial charge < -0.3 is 20.2 Å². The van der Waals surface area contributed by atoms with Gasteiger partial charge in [-0.25, -0.2) is 15.0 Å². The number of hydrogen-bond donors (Lipinski definition) is 2. The first-order valence-electron chi connectivity index (χ1n) is 7.97. The van der Waals surface area contributed by atoms with Crippen molar-refractivity contribution in [2.75, 3.05) is 19.8 Å². The van der Waals surface area contributed by atoms with Gasteiger partial charge in [-0.1, -0.05) is 18.2 Å². The molecule has 0 fully saturated rings. The molecule has 0 aromatic carbocycles. The first-order valence-corrected chi connectivity index (χ1v) is 7.97. The zero-order valence-corrected chi connectivity index (χ0v) is 14.6. The van der Waals surface area contributed by atoms with Crippen molar-refractivity contribution in [3.05, 3.63) is 35.7 Å². The third-order valence-electron chi connectivity index (χ3n) is 2.99. The number of hydrazine groups is 1. The van der Waals surface area contributed by atoms with Crippen molar-refractivity contribution < 1.29 is 18.7 Å². The molecule has 0 bridgehead atoms. The summed E-state index contributed by atoms with van der Waals surface area (Å²) in [5.74, 6) is 4.95. The maximum absolute atomic E-state index is 13.9. The van der Waals surface area contributed by atoms with Gasteiger partial charge in [-0.05, 0) is 39.2 Å². The van der Waals surface area contributed by atoms with E-state index in [-0.39, 0.29) is 18.8 Å². The van der Waals surface area contributed by atoms with E-state index in [1.165, 1.54) is 0 Å². The third kappa shape index (κ3) is 8.69. The molecule has 136 valence electrons. The number of ether oxygens (including phenoxy) is 2. The van der Waals surface area contributed by atoms with Crippen molar-refractivity contribution in [2.45, 2.75) is 45.4 Å². The third-order valence-corrected chi connectivity index (χ3v) is 2.99. The predicted octanol–water partition coefficient (Wildman–Crippen LogP) is 1.93. The fraction of sp³-hybridized carbons (Fsp3) is 0.588. The van der Waals surface area contributed by atoms with E-state index in [4.69, 9.17) is 21.1 Å². The summed E-state index contributed by atoms with van der Waals surface area (Å²) < 4.78 is 24.3. The quantitative estimate of drug-likeness (QED) is 0.303. The van der Waals surface area contributed by atoms with Crippen molar-refractivity contribution in [2.24, 2.45) is 11.6 Å². The highest BCUT2D eigenvalue weighted by Crippen LogP contribution is 2.11. The standard InChI is InChI=1S/C17H28FN3O3/c1-17(2,3)24-16(22)15(19)10-21(20)9-14(18)12-23-11-13-7-5-4-6-8-13/h5,7-8,10,14H,4,6,9,11-12,19-20H2,1-3H3/b15-10-. The summed E-state index contributed by atoms with van der Waals surface area (Å²) in [6.45, 7) is 5.33. The number of carbonyl (C=O) groups is 1. The molecular weight excluding hydrogens is 313 g/mol. The van der Waals surface area contributed by atoms with Gasteiger partial charge in [-0.3, -0.25) is 0 Å². The normalized spacial score (nSPS) is 16.5. The van der Waals surface area contributed by atoms with Crippen molar-refractivity contribution >= 4 is 5.97 Å². The molecule has 7 heteroatoms. The lowest BCUT2D eigenvalue weighted by atomic mass is 10.1. The summed E-state index contributed by atoms with van der Waals surface area (Å²) in [6.07, 6.45) is 8.00. The van der Waals surface area contributed by atoms with E-state index in [0.29, 0.717) is 6.61 Å². The second kappa shape index (κ2) is 9.44. The van der Waals surface area contributed by atoms with Crippen molar-refractivity contribution in [3.8, 4) is 0 Å². The number of carbonyl (C=O) groups excluding carboxylic acids is 1. The van der Waals surface area contributed by atoms with Crippen LogP contribution in [0.3, 0.4) is 0 Å². The number of halogens is 1. The molecule has 6 nitrogen and oxygen atoms in total. The van der Waals surface area contributed by atoms with Crippen LogP contribution in [0.1, 0.15) is 33.6 Å². The molecule has 0 saturated heterocycles. The Hall–Kier alpha value is -1.86. The predicted molar refractivity (Wildman–Crippen MR) is 91.2 cm³/mol. The van der Waals surface area contributed by atoms with Gasteiger partial charge in [0.15, 0.2) is 0 Å². The molecule has 24 heavy (non-hydrogen) atoms. The van der Waals surface area contributed by atoms with Crippen molar-refractivity contribution in [1.82, 2.24) is 5.01 Å². The molecule has 1 rings (SSSR count). The van der Waals surface area contributed by atoms with Crippen LogP contribution in [0.5, 0.6) is 0 Å². The van der Waals surface area contributed by atoms with Crippen LogP contribution in [0.2, 0.25) is 0 Å². The highest BCUT2D eigenvalue weighted by molar-refractivity contribution is 5.87. The van der Waals surface area contributed by atoms with Gasteiger partial charge in [0.1, 0.15) is 17.5 Å². The molecule has 1 aliphatic carbocycles. The minimum atomic E-state index is -1.30. The average Bonchev–Trinajstić information content (AvgIpc) is 2.46. The Bertz CT molecular complexity index is 510. The zero-order chi connectivity index (χ0) is 18.2. The number of alkyl halides is 1. The number of allylic oxidation sites excluding steroid dienone is 2. The summed E-state index contributed by atoms with van der Waals surface area (Å²) in [7, 11) is 0.